The molecule has 156 valence electrons. The average molecular weight is 421 g/mol. The molecule has 1 N–H and O–H groups in total. The van der Waals surface area contributed by atoms with Crippen LogP contribution in [-0.2, 0) is 14.8 Å². The SMILES string of the molecule is CC(C)COc1ccc(/C=N\NC(=O)CN(c2ccc(F)cc2)S(C)(=O)=O)cc1. The predicted octanol–water partition coefficient (Wildman–Crippen LogP) is 2.78. The molecule has 0 aliphatic rings. The minimum atomic E-state index is -3.74. The van der Waals surface area contributed by atoms with Crippen molar-refractivity contribution in [3.8, 4) is 5.75 Å². The van der Waals surface area contributed by atoms with E-state index in [9.17, 15) is 17.6 Å². The fraction of sp³-hybridized carbons (Fsp3) is 0.300. The minimum absolute atomic E-state index is 0.185. The molecular weight excluding hydrogens is 397 g/mol. The van der Waals surface area contributed by atoms with E-state index in [0.29, 0.717) is 12.5 Å². The number of hydrogen-bond donors (Lipinski definition) is 1. The van der Waals surface area contributed by atoms with Crippen LogP contribution < -0.4 is 14.5 Å². The maximum absolute atomic E-state index is 13.1. The number of amides is 1. The number of anilines is 1. The van der Waals surface area contributed by atoms with E-state index < -0.39 is 28.3 Å². The third-order valence-electron chi connectivity index (χ3n) is 3.67. The third kappa shape index (κ3) is 7.53. The smallest absolute Gasteiger partial charge is 0.260 e. The first-order chi connectivity index (χ1) is 13.6. The fourth-order valence-electron chi connectivity index (χ4n) is 2.26. The lowest BCUT2D eigenvalue weighted by molar-refractivity contribution is -0.119. The number of hydrogen-bond acceptors (Lipinski definition) is 5. The molecule has 0 saturated carbocycles. The summed E-state index contributed by atoms with van der Waals surface area (Å²) in [5.41, 5.74) is 3.21. The molecule has 0 unspecified atom stereocenters. The van der Waals surface area contributed by atoms with E-state index in [-0.39, 0.29) is 5.69 Å². The summed E-state index contributed by atoms with van der Waals surface area (Å²) in [6.07, 6.45) is 2.41. The average Bonchev–Trinajstić information content (AvgIpc) is 2.65. The Kier molecular flexibility index (Phi) is 7.72. The molecular formula is C20H24FN3O4S. The number of benzene rings is 2. The predicted molar refractivity (Wildman–Crippen MR) is 111 cm³/mol. The van der Waals surface area contributed by atoms with Crippen LogP contribution in [0.3, 0.4) is 0 Å². The second-order valence-electron chi connectivity index (χ2n) is 6.81. The van der Waals surface area contributed by atoms with Crippen molar-refractivity contribution in [3.05, 3.63) is 59.9 Å². The number of carbonyl (C=O) groups is 1. The molecule has 0 radical (unpaired) electrons. The molecule has 0 atom stereocenters. The van der Waals surface area contributed by atoms with Crippen LogP contribution in [0.15, 0.2) is 53.6 Å². The standard InChI is InChI=1S/C20H24FN3O4S/c1-15(2)14-28-19-10-4-16(5-11-19)12-22-23-20(25)13-24(29(3,26)27)18-8-6-17(21)7-9-18/h4-12,15H,13-14H2,1-3H3,(H,23,25)/b22-12-. The number of halogens is 1. The highest BCUT2D eigenvalue weighted by atomic mass is 32.2. The number of sulfonamides is 1. The van der Waals surface area contributed by atoms with Gasteiger partial charge in [-0.15, -0.1) is 0 Å². The van der Waals surface area contributed by atoms with Gasteiger partial charge in [0.25, 0.3) is 5.91 Å². The molecule has 0 aliphatic carbocycles. The van der Waals surface area contributed by atoms with Gasteiger partial charge in [-0.1, -0.05) is 13.8 Å². The molecule has 0 heterocycles. The summed E-state index contributed by atoms with van der Waals surface area (Å²) in [5.74, 6) is 0.0283. The van der Waals surface area contributed by atoms with Gasteiger partial charge in [0, 0.05) is 0 Å². The van der Waals surface area contributed by atoms with Crippen molar-refractivity contribution in [1.82, 2.24) is 5.43 Å². The number of rotatable bonds is 9. The van der Waals surface area contributed by atoms with E-state index in [1.54, 1.807) is 24.3 Å². The molecule has 0 aromatic heterocycles. The largest absolute Gasteiger partial charge is 0.493 e. The van der Waals surface area contributed by atoms with Crippen LogP contribution in [-0.4, -0.2) is 39.9 Å². The Balaban J connectivity index is 1.95. The summed E-state index contributed by atoms with van der Waals surface area (Å²) >= 11 is 0. The van der Waals surface area contributed by atoms with Gasteiger partial charge in [0.1, 0.15) is 18.1 Å². The topological polar surface area (TPSA) is 88.1 Å². The van der Waals surface area contributed by atoms with Crippen molar-refractivity contribution in [2.75, 3.05) is 23.7 Å². The van der Waals surface area contributed by atoms with Crippen LogP contribution in [0, 0.1) is 11.7 Å². The molecule has 7 nitrogen and oxygen atoms in total. The molecule has 2 aromatic rings. The summed E-state index contributed by atoms with van der Waals surface area (Å²) in [6.45, 7) is 4.26. The lowest BCUT2D eigenvalue weighted by Crippen LogP contribution is -2.39. The summed E-state index contributed by atoms with van der Waals surface area (Å²) in [7, 11) is -3.74. The number of nitrogens with zero attached hydrogens (tertiary/aromatic N) is 2. The Morgan fingerprint density at radius 1 is 1.17 bits per heavy atom. The van der Waals surface area contributed by atoms with Crippen LogP contribution in [0.1, 0.15) is 19.4 Å². The Hall–Kier alpha value is -2.94. The first-order valence-electron chi connectivity index (χ1n) is 8.93. The maximum Gasteiger partial charge on any atom is 0.260 e. The Labute approximate surface area is 170 Å². The van der Waals surface area contributed by atoms with Crippen molar-refractivity contribution in [1.29, 1.82) is 0 Å². The van der Waals surface area contributed by atoms with Crippen molar-refractivity contribution in [2.24, 2.45) is 11.0 Å². The van der Waals surface area contributed by atoms with Crippen molar-refractivity contribution >= 4 is 27.8 Å². The zero-order valence-corrected chi connectivity index (χ0v) is 17.3. The monoisotopic (exact) mass is 421 g/mol. The van der Waals surface area contributed by atoms with Crippen molar-refractivity contribution < 1.29 is 22.3 Å². The van der Waals surface area contributed by atoms with Gasteiger partial charge in [-0.3, -0.25) is 9.10 Å². The van der Waals surface area contributed by atoms with Gasteiger partial charge >= 0.3 is 0 Å². The highest BCUT2D eigenvalue weighted by molar-refractivity contribution is 7.92. The molecule has 9 heteroatoms. The van der Waals surface area contributed by atoms with E-state index in [0.717, 1.165) is 34.0 Å². The van der Waals surface area contributed by atoms with Crippen LogP contribution in [0.25, 0.3) is 0 Å². The second-order valence-corrected chi connectivity index (χ2v) is 8.72. The van der Waals surface area contributed by atoms with E-state index in [1.807, 2.05) is 0 Å². The van der Waals surface area contributed by atoms with Gasteiger partial charge in [-0.25, -0.2) is 18.2 Å². The molecule has 0 saturated heterocycles. The number of ether oxygens (including phenoxy) is 1. The zero-order valence-electron chi connectivity index (χ0n) is 16.5. The van der Waals surface area contributed by atoms with Gasteiger partial charge in [0.2, 0.25) is 10.0 Å². The van der Waals surface area contributed by atoms with Gasteiger partial charge in [0.05, 0.1) is 24.8 Å². The Morgan fingerprint density at radius 2 is 1.79 bits per heavy atom. The van der Waals surface area contributed by atoms with Crippen LogP contribution in [0.2, 0.25) is 0 Å². The summed E-state index contributed by atoms with van der Waals surface area (Å²) < 4.78 is 43.5. The summed E-state index contributed by atoms with van der Waals surface area (Å²) in [6, 6.07) is 12.0. The molecule has 0 spiro atoms. The number of carbonyl (C=O) groups excluding carboxylic acids is 1. The van der Waals surface area contributed by atoms with Gasteiger partial charge < -0.3 is 4.74 Å². The summed E-state index contributed by atoms with van der Waals surface area (Å²) in [4.78, 5) is 12.1. The van der Waals surface area contributed by atoms with Crippen LogP contribution in [0.5, 0.6) is 5.75 Å². The first-order valence-corrected chi connectivity index (χ1v) is 10.8. The van der Waals surface area contributed by atoms with Crippen LogP contribution in [0.4, 0.5) is 10.1 Å². The van der Waals surface area contributed by atoms with Gasteiger partial charge in [0.15, 0.2) is 0 Å². The summed E-state index contributed by atoms with van der Waals surface area (Å²) in [5, 5.41) is 3.84. The molecule has 0 aliphatic heterocycles. The lowest BCUT2D eigenvalue weighted by atomic mass is 10.2. The fourth-order valence-corrected chi connectivity index (χ4v) is 3.12. The van der Waals surface area contributed by atoms with Crippen molar-refractivity contribution in [2.45, 2.75) is 13.8 Å². The van der Waals surface area contributed by atoms with Crippen LogP contribution >= 0.6 is 0 Å². The highest BCUT2D eigenvalue weighted by Crippen LogP contribution is 2.17. The van der Waals surface area contributed by atoms with E-state index in [2.05, 4.69) is 24.4 Å². The third-order valence-corrected chi connectivity index (χ3v) is 4.81. The van der Waals surface area contributed by atoms with E-state index >= 15 is 0 Å². The normalized spacial score (nSPS) is 11.6. The number of hydrazone groups is 1. The second kappa shape index (κ2) is 10.0. The minimum Gasteiger partial charge on any atom is -0.493 e. The molecule has 2 rings (SSSR count). The highest BCUT2D eigenvalue weighted by Gasteiger charge is 2.20. The molecule has 1 amide bonds. The molecule has 2 aromatic carbocycles. The van der Waals surface area contributed by atoms with E-state index in [4.69, 9.17) is 4.74 Å². The Bertz CT molecular complexity index is 943. The molecule has 0 bridgehead atoms. The maximum atomic E-state index is 13.1. The number of nitrogens with one attached hydrogen (secondary N) is 1. The van der Waals surface area contributed by atoms with Gasteiger partial charge in [-0.05, 0) is 60.0 Å². The quantitative estimate of drug-likeness (QED) is 0.498. The van der Waals surface area contributed by atoms with Gasteiger partial charge in [-0.2, -0.15) is 5.10 Å². The Morgan fingerprint density at radius 3 is 2.34 bits per heavy atom. The zero-order chi connectivity index (χ0) is 21.4. The molecule has 0 fully saturated rings. The first kappa shape index (κ1) is 22.4. The molecule has 29 heavy (non-hydrogen) atoms. The van der Waals surface area contributed by atoms with E-state index in [1.165, 1.54) is 18.3 Å². The van der Waals surface area contributed by atoms with Crippen molar-refractivity contribution in [3.63, 3.8) is 0 Å². The lowest BCUT2D eigenvalue weighted by Gasteiger charge is -2.21.